The lowest BCUT2D eigenvalue weighted by molar-refractivity contribution is 0.0358. The van der Waals surface area contributed by atoms with Gasteiger partial charge in [-0.2, -0.15) is 0 Å². The van der Waals surface area contributed by atoms with E-state index in [-0.39, 0.29) is 23.0 Å². The van der Waals surface area contributed by atoms with E-state index in [4.69, 9.17) is 4.74 Å². The number of carbonyl (C=O) groups excluding carboxylic acids is 2. The van der Waals surface area contributed by atoms with Gasteiger partial charge in [0.2, 0.25) is 0 Å². The highest BCUT2D eigenvalue weighted by molar-refractivity contribution is 5.99. The molecule has 2 aromatic rings. The van der Waals surface area contributed by atoms with Gasteiger partial charge in [0.15, 0.2) is 11.5 Å². The van der Waals surface area contributed by atoms with Crippen molar-refractivity contribution in [1.82, 2.24) is 10.4 Å². The van der Waals surface area contributed by atoms with Crippen molar-refractivity contribution in [1.29, 1.82) is 0 Å². The zero-order valence-corrected chi connectivity index (χ0v) is 14.7. The van der Waals surface area contributed by atoms with Crippen LogP contribution in [-0.4, -0.2) is 34.6 Å². The average Bonchev–Trinajstić information content (AvgIpc) is 2.59. The first-order valence-corrected chi connectivity index (χ1v) is 7.81. The molecule has 2 aromatic carbocycles. The molecule has 0 spiro atoms. The van der Waals surface area contributed by atoms with Crippen LogP contribution in [0.4, 0.5) is 0 Å². The zero-order valence-electron chi connectivity index (χ0n) is 14.7. The van der Waals surface area contributed by atoms with E-state index in [2.05, 4.69) is 5.43 Å². The minimum Gasteiger partial charge on any atom is -0.504 e. The number of carbonyl (C=O) groups is 2. The molecule has 2 N–H and O–H groups in total. The number of nitrogens with one attached hydrogen (secondary N) is 1. The Morgan fingerprint density at radius 3 is 2.24 bits per heavy atom. The third kappa shape index (κ3) is 4.29. The first-order chi connectivity index (χ1) is 11.7. The van der Waals surface area contributed by atoms with Crippen molar-refractivity contribution in [3.05, 3.63) is 59.7 Å². The number of amides is 2. The number of hydrogen-bond acceptors (Lipinski definition) is 4. The molecule has 0 aromatic heterocycles. The molecular weight excluding hydrogens is 320 g/mol. The van der Waals surface area contributed by atoms with Crippen LogP contribution in [0.3, 0.4) is 0 Å². The van der Waals surface area contributed by atoms with Gasteiger partial charge in [-0.1, -0.05) is 18.2 Å². The Labute approximate surface area is 147 Å². The molecule has 0 heterocycles. The van der Waals surface area contributed by atoms with Crippen LogP contribution in [0.25, 0.3) is 0 Å². The fourth-order valence-electron chi connectivity index (χ4n) is 2.22. The van der Waals surface area contributed by atoms with Crippen LogP contribution in [0.1, 0.15) is 41.5 Å². The summed E-state index contributed by atoms with van der Waals surface area (Å²) in [5.74, 6) is -0.659. The van der Waals surface area contributed by atoms with Crippen LogP contribution < -0.4 is 10.2 Å². The summed E-state index contributed by atoms with van der Waals surface area (Å²) in [5.41, 5.74) is 2.75. The number of nitrogens with zero attached hydrogens (tertiary/aromatic N) is 1. The number of hydrogen-bond donors (Lipinski definition) is 2. The predicted octanol–water partition coefficient (Wildman–Crippen LogP) is 2.99. The Kier molecular flexibility index (Phi) is 5.32. The Morgan fingerprint density at radius 2 is 1.68 bits per heavy atom. The molecule has 0 radical (unpaired) electrons. The molecule has 0 saturated carbocycles. The Morgan fingerprint density at radius 1 is 1.04 bits per heavy atom. The maximum Gasteiger partial charge on any atom is 0.272 e. The number of hydrazine groups is 1. The van der Waals surface area contributed by atoms with E-state index in [1.807, 2.05) is 26.8 Å². The van der Waals surface area contributed by atoms with Crippen molar-refractivity contribution >= 4 is 11.8 Å². The van der Waals surface area contributed by atoms with Gasteiger partial charge >= 0.3 is 0 Å². The highest BCUT2D eigenvalue weighted by atomic mass is 16.5. The summed E-state index contributed by atoms with van der Waals surface area (Å²) in [6, 6.07) is 13.0. The number of aromatic hydroxyl groups is 1. The SMILES string of the molecule is COc1cc(C(=O)N(NC(=O)c2ccccc2)C(C)(C)C)ccc1O. The molecule has 0 bridgehead atoms. The smallest absolute Gasteiger partial charge is 0.272 e. The van der Waals surface area contributed by atoms with Gasteiger partial charge in [0.1, 0.15) is 0 Å². The second kappa shape index (κ2) is 7.25. The fraction of sp³-hybridized carbons (Fsp3) is 0.263. The molecule has 2 rings (SSSR count). The normalized spacial score (nSPS) is 10.9. The quantitative estimate of drug-likeness (QED) is 0.841. The summed E-state index contributed by atoms with van der Waals surface area (Å²) < 4.78 is 5.04. The van der Waals surface area contributed by atoms with Crippen LogP contribution in [0.2, 0.25) is 0 Å². The molecule has 2 amide bonds. The first-order valence-electron chi connectivity index (χ1n) is 7.81. The van der Waals surface area contributed by atoms with E-state index in [1.54, 1.807) is 24.3 Å². The average molecular weight is 342 g/mol. The van der Waals surface area contributed by atoms with Crippen molar-refractivity contribution in [2.24, 2.45) is 0 Å². The second-order valence-electron chi connectivity index (χ2n) is 6.50. The second-order valence-corrected chi connectivity index (χ2v) is 6.50. The van der Waals surface area contributed by atoms with Crippen LogP contribution >= 0.6 is 0 Å². The number of phenolic OH excluding ortho intramolecular Hbond substituents is 1. The molecule has 6 nitrogen and oxygen atoms in total. The number of ether oxygens (including phenoxy) is 1. The number of phenols is 1. The minimum atomic E-state index is -0.660. The van der Waals surface area contributed by atoms with Gasteiger partial charge in [-0.3, -0.25) is 15.0 Å². The lowest BCUT2D eigenvalue weighted by Gasteiger charge is -2.35. The van der Waals surface area contributed by atoms with Gasteiger partial charge in [0.05, 0.1) is 12.6 Å². The van der Waals surface area contributed by atoms with Crippen molar-refractivity contribution in [3.63, 3.8) is 0 Å². The molecule has 0 unspecified atom stereocenters. The summed E-state index contributed by atoms with van der Waals surface area (Å²) in [5, 5.41) is 11.0. The molecule has 0 saturated heterocycles. The van der Waals surface area contributed by atoms with Crippen LogP contribution in [-0.2, 0) is 0 Å². The largest absolute Gasteiger partial charge is 0.504 e. The summed E-state index contributed by atoms with van der Waals surface area (Å²) in [6.07, 6.45) is 0. The van der Waals surface area contributed by atoms with Crippen molar-refractivity contribution in [3.8, 4) is 11.5 Å². The van der Waals surface area contributed by atoms with Crippen LogP contribution in [0.15, 0.2) is 48.5 Å². The van der Waals surface area contributed by atoms with Crippen molar-refractivity contribution in [2.75, 3.05) is 7.11 Å². The summed E-state index contributed by atoms with van der Waals surface area (Å²) in [6.45, 7) is 5.44. The summed E-state index contributed by atoms with van der Waals surface area (Å²) >= 11 is 0. The molecule has 0 aliphatic carbocycles. The standard InChI is InChI=1S/C19H22N2O4/c1-19(2,3)21(20-17(23)13-8-6-5-7-9-13)18(24)14-10-11-15(22)16(12-14)25-4/h5-12,22H,1-4H3,(H,20,23). The number of methoxy groups -OCH3 is 1. The molecule has 0 atom stereocenters. The third-order valence-corrected chi connectivity index (χ3v) is 3.55. The lowest BCUT2D eigenvalue weighted by atomic mass is 10.1. The first kappa shape index (κ1) is 18.3. The van der Waals surface area contributed by atoms with E-state index in [0.717, 1.165) is 0 Å². The fourth-order valence-corrected chi connectivity index (χ4v) is 2.22. The number of rotatable bonds is 3. The molecule has 0 aliphatic heterocycles. The highest BCUT2D eigenvalue weighted by Gasteiger charge is 2.30. The van der Waals surface area contributed by atoms with Gasteiger partial charge in [0, 0.05) is 11.1 Å². The molecule has 6 heteroatoms. The van der Waals surface area contributed by atoms with Gasteiger partial charge in [-0.05, 0) is 51.1 Å². The van der Waals surface area contributed by atoms with Gasteiger partial charge in [-0.25, -0.2) is 5.01 Å². The topological polar surface area (TPSA) is 78.9 Å². The van der Waals surface area contributed by atoms with Crippen LogP contribution in [0.5, 0.6) is 11.5 Å². The Hall–Kier alpha value is -3.02. The minimum absolute atomic E-state index is 0.0605. The summed E-state index contributed by atoms with van der Waals surface area (Å²) in [7, 11) is 1.40. The van der Waals surface area contributed by atoms with Crippen molar-refractivity contribution in [2.45, 2.75) is 26.3 Å². The monoisotopic (exact) mass is 342 g/mol. The maximum absolute atomic E-state index is 12.9. The van der Waals surface area contributed by atoms with Gasteiger partial charge in [-0.15, -0.1) is 0 Å². The third-order valence-electron chi connectivity index (χ3n) is 3.55. The Bertz CT molecular complexity index is 767. The van der Waals surface area contributed by atoms with E-state index in [9.17, 15) is 14.7 Å². The van der Waals surface area contributed by atoms with Crippen molar-refractivity contribution < 1.29 is 19.4 Å². The Balaban J connectivity index is 2.31. The molecule has 25 heavy (non-hydrogen) atoms. The van der Waals surface area contributed by atoms with Crippen LogP contribution in [0, 0.1) is 0 Å². The molecular formula is C19H22N2O4. The van der Waals surface area contributed by atoms with E-state index in [0.29, 0.717) is 5.56 Å². The highest BCUT2D eigenvalue weighted by Crippen LogP contribution is 2.27. The van der Waals surface area contributed by atoms with E-state index < -0.39 is 11.4 Å². The number of benzene rings is 2. The maximum atomic E-state index is 12.9. The zero-order chi connectivity index (χ0) is 18.6. The predicted molar refractivity (Wildman–Crippen MR) is 94.5 cm³/mol. The molecule has 0 fully saturated rings. The molecule has 132 valence electrons. The summed E-state index contributed by atoms with van der Waals surface area (Å²) in [4.78, 5) is 25.4. The van der Waals surface area contributed by atoms with E-state index in [1.165, 1.54) is 30.3 Å². The van der Waals surface area contributed by atoms with Gasteiger partial charge in [0.25, 0.3) is 11.8 Å². The lowest BCUT2D eigenvalue weighted by Crippen LogP contribution is -2.55. The molecule has 0 aliphatic rings. The van der Waals surface area contributed by atoms with E-state index >= 15 is 0 Å². The van der Waals surface area contributed by atoms with Gasteiger partial charge < -0.3 is 9.84 Å².